The van der Waals surface area contributed by atoms with Crippen LogP contribution in [0.15, 0.2) is 48.5 Å². The molecule has 11 heteroatoms. The summed E-state index contributed by atoms with van der Waals surface area (Å²) in [7, 11) is 0. The van der Waals surface area contributed by atoms with E-state index in [2.05, 4.69) is 0 Å². The lowest BCUT2D eigenvalue weighted by Gasteiger charge is -2.22. The molecule has 0 spiro atoms. The minimum absolute atomic E-state index is 0.000749. The van der Waals surface area contributed by atoms with Gasteiger partial charge in [-0.1, -0.05) is 64.8 Å². The number of carbonyl (C=O) groups excluding carboxylic acids is 4. The molecule has 0 fully saturated rings. The second kappa shape index (κ2) is 17.7. The third kappa shape index (κ3) is 12.3. The summed E-state index contributed by atoms with van der Waals surface area (Å²) < 4.78 is 31.8. The third-order valence-electron chi connectivity index (χ3n) is 6.78. The van der Waals surface area contributed by atoms with Crippen molar-refractivity contribution in [2.45, 2.75) is 79.1 Å². The van der Waals surface area contributed by atoms with Crippen molar-refractivity contribution in [1.82, 2.24) is 0 Å². The Hall–Kier alpha value is -4.12. The molecule has 0 aromatic heterocycles. The maximum atomic E-state index is 12.7. The SMILES string of the molecule is CCC(C)COC(=O)Oc1ccc(C[C@H](N)C(=O)O[C@@H](C)[C@H](C)OC(=O)c2ccccc2)cc1OC(=O)OCC(C)CC. The molecular formula is C32H43NO10. The van der Waals surface area contributed by atoms with Gasteiger partial charge in [0.1, 0.15) is 18.2 Å². The molecule has 0 saturated heterocycles. The molecule has 0 heterocycles. The van der Waals surface area contributed by atoms with E-state index in [-0.39, 0.29) is 43.0 Å². The Morgan fingerprint density at radius 2 is 1.26 bits per heavy atom. The predicted octanol–water partition coefficient (Wildman–Crippen LogP) is 5.86. The lowest BCUT2D eigenvalue weighted by molar-refractivity contribution is -0.154. The minimum Gasteiger partial charge on any atom is -0.458 e. The number of carbonyl (C=O) groups is 4. The molecule has 0 radical (unpaired) electrons. The highest BCUT2D eigenvalue weighted by Crippen LogP contribution is 2.30. The zero-order valence-corrected chi connectivity index (χ0v) is 25.7. The standard InChI is InChI=1S/C32H43NO10/c1-7-20(3)18-38-31(36)42-27-15-14-24(17-28(27)43-32(37)39-19-21(4)8-2)16-26(33)30(35)41-23(6)22(5)40-29(34)25-12-10-9-11-13-25/h9-15,17,20-23,26H,7-8,16,18-19,33H2,1-6H3/t20?,21?,22-,23-,26-/m0/s1. The summed E-state index contributed by atoms with van der Waals surface area (Å²) in [6, 6.07) is 11.7. The van der Waals surface area contributed by atoms with Gasteiger partial charge >= 0.3 is 24.2 Å². The Bertz CT molecular complexity index is 1200. The van der Waals surface area contributed by atoms with Crippen LogP contribution in [0, 0.1) is 11.8 Å². The van der Waals surface area contributed by atoms with Gasteiger partial charge in [0.15, 0.2) is 11.5 Å². The lowest BCUT2D eigenvalue weighted by Crippen LogP contribution is -2.39. The Morgan fingerprint density at radius 3 is 1.81 bits per heavy atom. The molecule has 0 saturated carbocycles. The summed E-state index contributed by atoms with van der Waals surface area (Å²) in [6.45, 7) is 11.3. The number of rotatable bonds is 15. The molecule has 0 aliphatic rings. The summed E-state index contributed by atoms with van der Waals surface area (Å²) in [5.41, 5.74) is 6.99. The second-order valence-electron chi connectivity index (χ2n) is 10.6. The monoisotopic (exact) mass is 601 g/mol. The fraction of sp³-hybridized carbons (Fsp3) is 0.500. The van der Waals surface area contributed by atoms with E-state index in [0.29, 0.717) is 11.1 Å². The van der Waals surface area contributed by atoms with Gasteiger partial charge in [-0.15, -0.1) is 0 Å². The van der Waals surface area contributed by atoms with Crippen molar-refractivity contribution in [2.24, 2.45) is 17.6 Å². The largest absolute Gasteiger partial charge is 0.513 e. The maximum absolute atomic E-state index is 12.7. The Kier molecular flexibility index (Phi) is 14.5. The first-order valence-electron chi connectivity index (χ1n) is 14.5. The lowest BCUT2D eigenvalue weighted by atomic mass is 10.1. The Morgan fingerprint density at radius 1 is 0.721 bits per heavy atom. The highest BCUT2D eigenvalue weighted by Gasteiger charge is 2.25. The van der Waals surface area contributed by atoms with Crippen LogP contribution in [0.3, 0.4) is 0 Å². The molecule has 2 rings (SSSR count). The Labute approximate surface area is 252 Å². The summed E-state index contributed by atoms with van der Waals surface area (Å²) in [6.07, 6.45) is -1.82. The molecule has 0 aliphatic heterocycles. The van der Waals surface area contributed by atoms with Gasteiger partial charge in [-0.25, -0.2) is 14.4 Å². The fourth-order valence-electron chi connectivity index (χ4n) is 3.35. The molecule has 0 amide bonds. The first kappa shape index (κ1) is 35.1. The topological polar surface area (TPSA) is 150 Å². The molecule has 2 aromatic rings. The summed E-state index contributed by atoms with van der Waals surface area (Å²) in [4.78, 5) is 49.7. The van der Waals surface area contributed by atoms with Crippen LogP contribution < -0.4 is 15.2 Å². The molecular weight excluding hydrogens is 558 g/mol. The van der Waals surface area contributed by atoms with Gasteiger partial charge in [0.25, 0.3) is 0 Å². The maximum Gasteiger partial charge on any atom is 0.513 e. The fourth-order valence-corrected chi connectivity index (χ4v) is 3.35. The Balaban J connectivity index is 2.07. The van der Waals surface area contributed by atoms with Crippen LogP contribution in [0.2, 0.25) is 0 Å². The van der Waals surface area contributed by atoms with E-state index >= 15 is 0 Å². The molecule has 236 valence electrons. The zero-order valence-electron chi connectivity index (χ0n) is 25.7. The number of hydrogen-bond donors (Lipinski definition) is 1. The quantitative estimate of drug-likeness (QED) is 0.149. The molecule has 2 N–H and O–H groups in total. The number of ether oxygens (including phenoxy) is 6. The molecule has 2 unspecified atom stereocenters. The number of hydrogen-bond acceptors (Lipinski definition) is 11. The van der Waals surface area contributed by atoms with Crippen molar-refractivity contribution in [3.63, 3.8) is 0 Å². The summed E-state index contributed by atoms with van der Waals surface area (Å²) >= 11 is 0. The van der Waals surface area contributed by atoms with Crippen LogP contribution in [-0.2, 0) is 30.2 Å². The summed E-state index contributed by atoms with van der Waals surface area (Å²) in [5.74, 6) is -1.18. The van der Waals surface area contributed by atoms with Crippen molar-refractivity contribution < 1.29 is 47.6 Å². The highest BCUT2D eigenvalue weighted by atomic mass is 16.7. The van der Waals surface area contributed by atoms with Gasteiger partial charge in [-0.3, -0.25) is 4.79 Å². The van der Waals surface area contributed by atoms with Crippen LogP contribution in [0.1, 0.15) is 70.3 Å². The third-order valence-corrected chi connectivity index (χ3v) is 6.78. The minimum atomic E-state index is -1.10. The van der Waals surface area contributed by atoms with Crippen molar-refractivity contribution in [2.75, 3.05) is 13.2 Å². The van der Waals surface area contributed by atoms with Crippen LogP contribution in [0.4, 0.5) is 9.59 Å². The number of benzene rings is 2. The van der Waals surface area contributed by atoms with E-state index in [1.54, 1.807) is 50.2 Å². The van der Waals surface area contributed by atoms with Crippen LogP contribution >= 0.6 is 0 Å². The molecule has 5 atom stereocenters. The van der Waals surface area contributed by atoms with Crippen molar-refractivity contribution >= 4 is 24.2 Å². The number of nitrogens with two attached hydrogens (primary N) is 1. The molecule has 0 bridgehead atoms. The van der Waals surface area contributed by atoms with E-state index in [1.807, 2.05) is 27.7 Å². The average Bonchev–Trinajstić information content (AvgIpc) is 2.99. The van der Waals surface area contributed by atoms with Gasteiger partial charge in [-0.2, -0.15) is 0 Å². The van der Waals surface area contributed by atoms with E-state index in [0.717, 1.165) is 12.8 Å². The summed E-state index contributed by atoms with van der Waals surface area (Å²) in [5, 5.41) is 0. The van der Waals surface area contributed by atoms with E-state index in [4.69, 9.17) is 34.2 Å². The van der Waals surface area contributed by atoms with E-state index < -0.39 is 42.5 Å². The van der Waals surface area contributed by atoms with Crippen LogP contribution in [-0.4, -0.2) is 55.7 Å². The number of esters is 2. The van der Waals surface area contributed by atoms with E-state index in [1.165, 1.54) is 12.1 Å². The zero-order chi connectivity index (χ0) is 31.9. The molecule has 11 nitrogen and oxygen atoms in total. The highest BCUT2D eigenvalue weighted by molar-refractivity contribution is 5.89. The van der Waals surface area contributed by atoms with Gasteiger partial charge < -0.3 is 34.2 Å². The first-order chi connectivity index (χ1) is 20.4. The molecule has 2 aromatic carbocycles. The van der Waals surface area contributed by atoms with Crippen LogP contribution in [0.5, 0.6) is 11.5 Å². The van der Waals surface area contributed by atoms with Crippen molar-refractivity contribution in [3.8, 4) is 11.5 Å². The average molecular weight is 602 g/mol. The van der Waals surface area contributed by atoms with Crippen molar-refractivity contribution in [1.29, 1.82) is 0 Å². The molecule has 43 heavy (non-hydrogen) atoms. The van der Waals surface area contributed by atoms with Gasteiger partial charge in [0.05, 0.1) is 18.8 Å². The normalized spacial score (nSPS) is 14.3. The van der Waals surface area contributed by atoms with Crippen LogP contribution in [0.25, 0.3) is 0 Å². The van der Waals surface area contributed by atoms with Gasteiger partial charge in [0, 0.05) is 0 Å². The smallest absolute Gasteiger partial charge is 0.458 e. The van der Waals surface area contributed by atoms with Gasteiger partial charge in [0.2, 0.25) is 0 Å². The second-order valence-corrected chi connectivity index (χ2v) is 10.6. The van der Waals surface area contributed by atoms with E-state index in [9.17, 15) is 19.2 Å². The van der Waals surface area contributed by atoms with Gasteiger partial charge in [-0.05, 0) is 61.9 Å². The van der Waals surface area contributed by atoms with Crippen molar-refractivity contribution in [3.05, 3.63) is 59.7 Å². The molecule has 0 aliphatic carbocycles. The first-order valence-corrected chi connectivity index (χ1v) is 14.5. The predicted molar refractivity (Wildman–Crippen MR) is 158 cm³/mol.